The van der Waals surface area contributed by atoms with Gasteiger partial charge in [0, 0.05) is 25.2 Å². The largest absolute Gasteiger partial charge is 0.381 e. The summed E-state index contributed by atoms with van der Waals surface area (Å²) in [6, 6.07) is 5.34. The fraction of sp³-hybridized carbons (Fsp3) is 0.571. The van der Waals surface area contributed by atoms with Gasteiger partial charge in [0.05, 0.1) is 15.6 Å². The van der Waals surface area contributed by atoms with Crippen LogP contribution in [0.1, 0.15) is 26.7 Å². The first kappa shape index (κ1) is 16.5. The van der Waals surface area contributed by atoms with Crippen LogP contribution in [-0.4, -0.2) is 38.5 Å². The highest BCUT2D eigenvalue weighted by Crippen LogP contribution is 2.27. The molecule has 5 nitrogen and oxygen atoms in total. The molecule has 0 radical (unpaired) electrons. The maximum absolute atomic E-state index is 11.4. The van der Waals surface area contributed by atoms with Crippen molar-refractivity contribution in [3.63, 3.8) is 0 Å². The smallest absolute Gasteiger partial charge is 0.238 e. The molecule has 0 aromatic heterocycles. The molecule has 0 bridgehead atoms. The monoisotopic (exact) mass is 331 g/mol. The number of piperidine rings is 1. The molecule has 0 saturated carbocycles. The molecule has 0 amide bonds. The summed E-state index contributed by atoms with van der Waals surface area (Å²) in [5.74, 6) is 0. The minimum Gasteiger partial charge on any atom is -0.381 e. The van der Waals surface area contributed by atoms with Crippen LogP contribution < -0.4 is 10.5 Å². The molecule has 1 aliphatic heterocycles. The van der Waals surface area contributed by atoms with Crippen LogP contribution in [0.3, 0.4) is 0 Å². The van der Waals surface area contributed by atoms with Crippen LogP contribution in [0.4, 0.5) is 5.69 Å². The Bertz CT molecular complexity index is 596. The fourth-order valence-corrected chi connectivity index (χ4v) is 3.28. The summed E-state index contributed by atoms with van der Waals surface area (Å²) in [5.41, 5.74) is 0.631. The zero-order chi connectivity index (χ0) is 15.6. The van der Waals surface area contributed by atoms with E-state index >= 15 is 0 Å². The van der Waals surface area contributed by atoms with Crippen LogP contribution in [-0.2, 0) is 10.0 Å². The predicted molar refractivity (Wildman–Crippen MR) is 86.2 cm³/mol. The van der Waals surface area contributed by atoms with Gasteiger partial charge in [-0.25, -0.2) is 13.6 Å². The SMILES string of the molecule is CC(C)N1CCC(Nc2cc(S(N)(=O)=O)ccc2Cl)CC1. The van der Waals surface area contributed by atoms with Crippen molar-refractivity contribution < 1.29 is 8.42 Å². The number of sulfonamides is 1. The van der Waals surface area contributed by atoms with Crippen molar-refractivity contribution in [3.05, 3.63) is 23.2 Å². The molecule has 0 unspecified atom stereocenters. The number of nitrogens with two attached hydrogens (primary N) is 1. The van der Waals surface area contributed by atoms with Gasteiger partial charge in [-0.2, -0.15) is 0 Å². The molecule has 0 spiro atoms. The van der Waals surface area contributed by atoms with Gasteiger partial charge >= 0.3 is 0 Å². The average Bonchev–Trinajstić information content (AvgIpc) is 2.40. The molecule has 1 aromatic carbocycles. The van der Waals surface area contributed by atoms with Crippen molar-refractivity contribution in [1.82, 2.24) is 4.90 Å². The predicted octanol–water partition coefficient (Wildman–Crippen LogP) is 2.27. The number of hydrogen-bond acceptors (Lipinski definition) is 4. The molecule has 1 heterocycles. The van der Waals surface area contributed by atoms with Crippen LogP contribution in [0.25, 0.3) is 0 Å². The number of hydrogen-bond donors (Lipinski definition) is 2. The third-order valence-corrected chi connectivity index (χ3v) is 5.13. The Morgan fingerprint density at radius 3 is 2.48 bits per heavy atom. The van der Waals surface area contributed by atoms with Crippen molar-refractivity contribution >= 4 is 27.3 Å². The summed E-state index contributed by atoms with van der Waals surface area (Å²) >= 11 is 6.14. The Hall–Kier alpha value is -0.820. The molecular formula is C14H22ClN3O2S. The van der Waals surface area contributed by atoms with Gasteiger partial charge in [-0.1, -0.05) is 11.6 Å². The van der Waals surface area contributed by atoms with E-state index in [1.807, 2.05) is 0 Å². The zero-order valence-corrected chi connectivity index (χ0v) is 13.9. The maximum atomic E-state index is 11.4. The summed E-state index contributed by atoms with van der Waals surface area (Å²) in [4.78, 5) is 2.51. The summed E-state index contributed by atoms with van der Waals surface area (Å²) < 4.78 is 22.8. The lowest BCUT2D eigenvalue weighted by atomic mass is 10.0. The second-order valence-corrected chi connectivity index (χ2v) is 7.70. The number of likely N-dealkylation sites (tertiary alicyclic amines) is 1. The van der Waals surface area contributed by atoms with E-state index in [4.69, 9.17) is 16.7 Å². The molecule has 7 heteroatoms. The standard InChI is InChI=1S/C14H22ClN3O2S/c1-10(2)18-7-5-11(6-8-18)17-14-9-12(21(16,19)20)3-4-13(14)15/h3-4,9-11,17H,5-8H2,1-2H3,(H2,16,19,20). The van der Waals surface area contributed by atoms with Gasteiger partial charge in [0.15, 0.2) is 0 Å². The maximum Gasteiger partial charge on any atom is 0.238 e. The number of anilines is 1. The minimum absolute atomic E-state index is 0.0778. The van der Waals surface area contributed by atoms with Gasteiger partial charge in [0.2, 0.25) is 10.0 Å². The van der Waals surface area contributed by atoms with Crippen molar-refractivity contribution in [1.29, 1.82) is 0 Å². The van der Waals surface area contributed by atoms with E-state index in [1.54, 1.807) is 6.07 Å². The third kappa shape index (κ3) is 4.32. The highest BCUT2D eigenvalue weighted by Gasteiger charge is 2.21. The van der Waals surface area contributed by atoms with Gasteiger partial charge in [0.1, 0.15) is 0 Å². The molecule has 0 aliphatic carbocycles. The Morgan fingerprint density at radius 1 is 1.33 bits per heavy atom. The van der Waals surface area contributed by atoms with E-state index in [1.165, 1.54) is 12.1 Å². The summed E-state index contributed by atoms with van der Waals surface area (Å²) in [6.45, 7) is 6.45. The van der Waals surface area contributed by atoms with Crippen LogP contribution in [0.2, 0.25) is 5.02 Å². The number of nitrogens with one attached hydrogen (secondary N) is 1. The second kappa shape index (κ2) is 6.52. The van der Waals surface area contributed by atoms with Crippen LogP contribution in [0, 0.1) is 0 Å². The van der Waals surface area contributed by atoms with Crippen molar-refractivity contribution in [2.24, 2.45) is 5.14 Å². The fourth-order valence-electron chi connectivity index (χ4n) is 2.57. The third-order valence-electron chi connectivity index (χ3n) is 3.89. The molecule has 118 valence electrons. The van der Waals surface area contributed by atoms with Gasteiger partial charge in [-0.3, -0.25) is 0 Å². The molecule has 21 heavy (non-hydrogen) atoms. The topological polar surface area (TPSA) is 75.4 Å². The van der Waals surface area contributed by atoms with Crippen molar-refractivity contribution in [3.8, 4) is 0 Å². The molecule has 1 saturated heterocycles. The quantitative estimate of drug-likeness (QED) is 0.887. The van der Waals surface area contributed by atoms with E-state index in [0.29, 0.717) is 22.8 Å². The molecule has 1 aromatic rings. The van der Waals surface area contributed by atoms with E-state index in [9.17, 15) is 8.42 Å². The zero-order valence-electron chi connectivity index (χ0n) is 12.3. The summed E-state index contributed by atoms with van der Waals surface area (Å²) in [7, 11) is -3.71. The molecular weight excluding hydrogens is 310 g/mol. The lowest BCUT2D eigenvalue weighted by molar-refractivity contribution is 0.177. The van der Waals surface area contributed by atoms with E-state index < -0.39 is 10.0 Å². The number of benzene rings is 1. The van der Waals surface area contributed by atoms with Crippen molar-refractivity contribution in [2.75, 3.05) is 18.4 Å². The van der Waals surface area contributed by atoms with Gasteiger partial charge in [0.25, 0.3) is 0 Å². The molecule has 3 N–H and O–H groups in total. The van der Waals surface area contributed by atoms with Crippen LogP contribution >= 0.6 is 11.6 Å². The summed E-state index contributed by atoms with van der Waals surface area (Å²) in [6.07, 6.45) is 2.02. The van der Waals surface area contributed by atoms with Gasteiger partial charge < -0.3 is 10.2 Å². The molecule has 0 atom stereocenters. The molecule has 1 fully saturated rings. The number of nitrogens with zero attached hydrogens (tertiary/aromatic N) is 1. The highest BCUT2D eigenvalue weighted by atomic mass is 35.5. The van der Waals surface area contributed by atoms with Crippen molar-refractivity contribution in [2.45, 2.75) is 43.7 Å². The van der Waals surface area contributed by atoms with Gasteiger partial charge in [-0.05, 0) is 44.9 Å². The first-order valence-electron chi connectivity index (χ1n) is 7.10. The number of rotatable bonds is 4. The number of primary sulfonamides is 1. The Morgan fingerprint density at radius 2 is 1.95 bits per heavy atom. The Balaban J connectivity index is 2.07. The highest BCUT2D eigenvalue weighted by molar-refractivity contribution is 7.89. The average molecular weight is 332 g/mol. The Kier molecular flexibility index (Phi) is 5.14. The van der Waals surface area contributed by atoms with Crippen LogP contribution in [0.15, 0.2) is 23.1 Å². The lowest BCUT2D eigenvalue weighted by Crippen LogP contribution is -2.42. The Labute approximate surface area is 131 Å². The summed E-state index contributed by atoms with van der Waals surface area (Å²) in [5, 5.41) is 9.01. The first-order chi connectivity index (χ1) is 9.77. The number of halogens is 1. The molecule has 1 aliphatic rings. The van der Waals surface area contributed by atoms with E-state index in [-0.39, 0.29) is 4.90 Å². The minimum atomic E-state index is -3.71. The molecule has 2 rings (SSSR count). The van der Waals surface area contributed by atoms with Gasteiger partial charge in [-0.15, -0.1) is 0 Å². The normalized spacial score (nSPS) is 18.1. The lowest BCUT2D eigenvalue weighted by Gasteiger charge is -2.35. The second-order valence-electron chi connectivity index (χ2n) is 5.73. The van der Waals surface area contributed by atoms with E-state index in [0.717, 1.165) is 25.9 Å². The first-order valence-corrected chi connectivity index (χ1v) is 9.02. The van der Waals surface area contributed by atoms with E-state index in [2.05, 4.69) is 24.1 Å². The van der Waals surface area contributed by atoms with Crippen LogP contribution in [0.5, 0.6) is 0 Å².